The summed E-state index contributed by atoms with van der Waals surface area (Å²) in [5, 5.41) is 3.56. The quantitative estimate of drug-likeness (QED) is 0.768. The van der Waals surface area contributed by atoms with E-state index in [0.29, 0.717) is 5.92 Å². The standard InChI is InChI=1S/C14H23N3O/c1-3-7-17-13(12-10-15-8-9-16-12)14(18-4-2)11-5-6-11/h8-11,13-14,17H,3-7H2,1-2H3. The predicted octanol–water partition coefficient (Wildman–Crippen LogP) is 2.33. The van der Waals surface area contributed by atoms with Crippen molar-refractivity contribution >= 4 is 0 Å². The van der Waals surface area contributed by atoms with E-state index in [1.165, 1.54) is 12.8 Å². The number of nitrogens with zero attached hydrogens (tertiary/aromatic N) is 2. The molecule has 100 valence electrons. The topological polar surface area (TPSA) is 47.0 Å². The van der Waals surface area contributed by atoms with Crippen LogP contribution >= 0.6 is 0 Å². The number of ether oxygens (including phenoxy) is 1. The third-order valence-corrected chi connectivity index (χ3v) is 3.29. The first-order valence-corrected chi connectivity index (χ1v) is 6.97. The molecule has 1 aliphatic rings. The molecule has 1 aliphatic carbocycles. The highest BCUT2D eigenvalue weighted by molar-refractivity contribution is 5.07. The second-order valence-corrected chi connectivity index (χ2v) is 4.82. The van der Waals surface area contributed by atoms with Gasteiger partial charge in [0.25, 0.3) is 0 Å². The molecular weight excluding hydrogens is 226 g/mol. The number of rotatable bonds is 8. The van der Waals surface area contributed by atoms with Crippen LogP contribution in [0, 0.1) is 5.92 Å². The highest BCUT2D eigenvalue weighted by Crippen LogP contribution is 2.39. The highest BCUT2D eigenvalue weighted by Gasteiger charge is 2.38. The molecule has 1 fully saturated rings. The normalized spacial score (nSPS) is 18.6. The van der Waals surface area contributed by atoms with Gasteiger partial charge in [0.1, 0.15) is 0 Å². The Morgan fingerprint density at radius 3 is 2.78 bits per heavy atom. The lowest BCUT2D eigenvalue weighted by molar-refractivity contribution is 0.0174. The van der Waals surface area contributed by atoms with Crippen molar-refractivity contribution in [3.8, 4) is 0 Å². The lowest BCUT2D eigenvalue weighted by Gasteiger charge is -2.27. The van der Waals surface area contributed by atoms with Crippen molar-refractivity contribution in [2.24, 2.45) is 5.92 Å². The fourth-order valence-corrected chi connectivity index (χ4v) is 2.28. The number of nitrogens with one attached hydrogen (secondary N) is 1. The minimum Gasteiger partial charge on any atom is -0.376 e. The first-order valence-electron chi connectivity index (χ1n) is 6.97. The lowest BCUT2D eigenvalue weighted by Crippen LogP contribution is -2.36. The number of hydrogen-bond acceptors (Lipinski definition) is 4. The van der Waals surface area contributed by atoms with Gasteiger partial charge in [-0.15, -0.1) is 0 Å². The van der Waals surface area contributed by atoms with E-state index in [1.807, 2.05) is 6.20 Å². The molecule has 1 heterocycles. The molecule has 18 heavy (non-hydrogen) atoms. The molecule has 0 bridgehead atoms. The van der Waals surface area contributed by atoms with Crippen LogP contribution in [0.5, 0.6) is 0 Å². The molecule has 2 atom stereocenters. The summed E-state index contributed by atoms with van der Waals surface area (Å²) < 4.78 is 5.95. The van der Waals surface area contributed by atoms with Gasteiger partial charge in [0, 0.05) is 19.0 Å². The zero-order valence-corrected chi connectivity index (χ0v) is 11.3. The van der Waals surface area contributed by atoms with Crippen molar-refractivity contribution in [1.29, 1.82) is 0 Å². The van der Waals surface area contributed by atoms with Crippen molar-refractivity contribution in [2.45, 2.75) is 45.3 Å². The molecule has 2 rings (SSSR count). The molecule has 0 aliphatic heterocycles. The summed E-state index contributed by atoms with van der Waals surface area (Å²) in [6.07, 6.45) is 9.21. The molecule has 1 aromatic heterocycles. The van der Waals surface area contributed by atoms with E-state index in [4.69, 9.17) is 4.74 Å². The largest absolute Gasteiger partial charge is 0.376 e. The Hall–Kier alpha value is -1.00. The smallest absolute Gasteiger partial charge is 0.0813 e. The Bertz CT molecular complexity index is 340. The average molecular weight is 249 g/mol. The molecule has 0 amide bonds. The molecule has 1 N–H and O–H groups in total. The van der Waals surface area contributed by atoms with Gasteiger partial charge in [-0.2, -0.15) is 0 Å². The summed E-state index contributed by atoms with van der Waals surface area (Å²) in [6, 6.07) is 0.172. The molecule has 0 saturated heterocycles. The Kier molecular flexibility index (Phi) is 5.08. The van der Waals surface area contributed by atoms with E-state index in [1.54, 1.807) is 12.4 Å². The van der Waals surface area contributed by atoms with Crippen LogP contribution < -0.4 is 5.32 Å². The van der Waals surface area contributed by atoms with Crippen LogP contribution in [0.2, 0.25) is 0 Å². The summed E-state index contributed by atoms with van der Waals surface area (Å²) >= 11 is 0. The molecule has 4 heteroatoms. The van der Waals surface area contributed by atoms with Gasteiger partial charge in [-0.05, 0) is 38.6 Å². The van der Waals surface area contributed by atoms with Gasteiger partial charge in [0.15, 0.2) is 0 Å². The molecule has 2 unspecified atom stereocenters. The van der Waals surface area contributed by atoms with Gasteiger partial charge in [-0.25, -0.2) is 0 Å². The minimum absolute atomic E-state index is 0.172. The summed E-state index contributed by atoms with van der Waals surface area (Å²) in [5.74, 6) is 0.682. The zero-order valence-electron chi connectivity index (χ0n) is 11.3. The van der Waals surface area contributed by atoms with Crippen molar-refractivity contribution in [1.82, 2.24) is 15.3 Å². The maximum absolute atomic E-state index is 5.95. The van der Waals surface area contributed by atoms with Crippen LogP contribution in [0.3, 0.4) is 0 Å². The fraction of sp³-hybridized carbons (Fsp3) is 0.714. The van der Waals surface area contributed by atoms with Gasteiger partial charge in [-0.1, -0.05) is 6.92 Å². The third kappa shape index (κ3) is 3.50. The maximum atomic E-state index is 5.95. The van der Waals surface area contributed by atoms with Crippen molar-refractivity contribution in [3.05, 3.63) is 24.3 Å². The average Bonchev–Trinajstić information content (AvgIpc) is 3.23. The first kappa shape index (κ1) is 13.4. The number of hydrogen-bond donors (Lipinski definition) is 1. The van der Waals surface area contributed by atoms with E-state index in [0.717, 1.165) is 25.3 Å². The van der Waals surface area contributed by atoms with Crippen LogP contribution in [0.4, 0.5) is 0 Å². The van der Waals surface area contributed by atoms with E-state index in [2.05, 4.69) is 29.1 Å². The van der Waals surface area contributed by atoms with E-state index in [9.17, 15) is 0 Å². The second kappa shape index (κ2) is 6.81. The monoisotopic (exact) mass is 249 g/mol. The zero-order chi connectivity index (χ0) is 12.8. The fourth-order valence-electron chi connectivity index (χ4n) is 2.28. The third-order valence-electron chi connectivity index (χ3n) is 3.29. The summed E-state index contributed by atoms with van der Waals surface area (Å²) in [6.45, 7) is 5.97. The Balaban J connectivity index is 2.12. The van der Waals surface area contributed by atoms with Crippen molar-refractivity contribution in [3.63, 3.8) is 0 Å². The predicted molar refractivity (Wildman–Crippen MR) is 71.2 cm³/mol. The molecule has 4 nitrogen and oxygen atoms in total. The van der Waals surface area contributed by atoms with Crippen LogP contribution in [0.25, 0.3) is 0 Å². The van der Waals surface area contributed by atoms with Gasteiger partial charge in [-0.3, -0.25) is 9.97 Å². The van der Waals surface area contributed by atoms with E-state index in [-0.39, 0.29) is 12.1 Å². The summed E-state index contributed by atoms with van der Waals surface area (Å²) in [7, 11) is 0. The van der Waals surface area contributed by atoms with Crippen molar-refractivity contribution < 1.29 is 4.74 Å². The SMILES string of the molecule is CCCNC(c1cnccn1)C(OCC)C1CC1. The van der Waals surface area contributed by atoms with Crippen LogP contribution in [-0.4, -0.2) is 29.2 Å². The second-order valence-electron chi connectivity index (χ2n) is 4.82. The lowest BCUT2D eigenvalue weighted by atomic mass is 10.0. The molecule has 0 aromatic carbocycles. The Morgan fingerprint density at radius 2 is 2.22 bits per heavy atom. The van der Waals surface area contributed by atoms with Gasteiger partial charge in [0.05, 0.1) is 24.0 Å². The van der Waals surface area contributed by atoms with Crippen LogP contribution in [0.15, 0.2) is 18.6 Å². The number of aromatic nitrogens is 2. The molecule has 0 spiro atoms. The summed E-state index contributed by atoms with van der Waals surface area (Å²) in [4.78, 5) is 8.62. The van der Waals surface area contributed by atoms with E-state index >= 15 is 0 Å². The molecular formula is C14H23N3O. The summed E-state index contributed by atoms with van der Waals surface area (Å²) in [5.41, 5.74) is 0.997. The molecule has 0 radical (unpaired) electrons. The van der Waals surface area contributed by atoms with Crippen LogP contribution in [-0.2, 0) is 4.74 Å². The van der Waals surface area contributed by atoms with Crippen LogP contribution in [0.1, 0.15) is 44.8 Å². The molecule has 1 aromatic rings. The van der Waals surface area contributed by atoms with Gasteiger partial charge in [0.2, 0.25) is 0 Å². The van der Waals surface area contributed by atoms with Crippen molar-refractivity contribution in [2.75, 3.05) is 13.2 Å². The highest BCUT2D eigenvalue weighted by atomic mass is 16.5. The first-order chi connectivity index (χ1) is 8.86. The maximum Gasteiger partial charge on any atom is 0.0813 e. The molecule has 1 saturated carbocycles. The van der Waals surface area contributed by atoms with E-state index < -0.39 is 0 Å². The Morgan fingerprint density at radius 1 is 1.39 bits per heavy atom. The minimum atomic E-state index is 0.172. The Labute approximate surface area is 109 Å². The van der Waals surface area contributed by atoms with Gasteiger partial charge >= 0.3 is 0 Å². The van der Waals surface area contributed by atoms with Gasteiger partial charge < -0.3 is 10.1 Å².